The molecule has 14 heteroatoms. The van der Waals surface area contributed by atoms with Crippen molar-refractivity contribution < 1.29 is 26.3 Å². The fourth-order valence-electron chi connectivity index (χ4n) is 4.17. The summed E-state index contributed by atoms with van der Waals surface area (Å²) < 4.78 is 81.1. The van der Waals surface area contributed by atoms with Crippen molar-refractivity contribution >= 4 is 22.8 Å². The SMILES string of the molecule is CC1Cn2ccc3nc(NCc4cnn(Cc5ccc(C(F)(F)F)nc5)c4)nc(c32)N1CC(F)(F)F. The van der Waals surface area contributed by atoms with Crippen LogP contribution in [0.5, 0.6) is 0 Å². The fraction of sp³-hybridized carbons (Fsp3) is 0.364. The highest BCUT2D eigenvalue weighted by atomic mass is 19.4. The van der Waals surface area contributed by atoms with Crippen LogP contribution in [0.25, 0.3) is 11.0 Å². The molecule has 5 heterocycles. The van der Waals surface area contributed by atoms with Gasteiger partial charge in [0.2, 0.25) is 5.95 Å². The minimum absolute atomic E-state index is 0.177. The van der Waals surface area contributed by atoms with Gasteiger partial charge in [0.15, 0.2) is 5.82 Å². The van der Waals surface area contributed by atoms with Gasteiger partial charge < -0.3 is 14.8 Å². The van der Waals surface area contributed by atoms with Crippen LogP contribution in [0.1, 0.15) is 23.7 Å². The van der Waals surface area contributed by atoms with E-state index in [4.69, 9.17) is 0 Å². The minimum atomic E-state index is -4.50. The van der Waals surface area contributed by atoms with Gasteiger partial charge >= 0.3 is 12.4 Å². The predicted molar refractivity (Wildman–Crippen MR) is 118 cm³/mol. The first-order valence-electron chi connectivity index (χ1n) is 10.9. The van der Waals surface area contributed by atoms with Crippen LogP contribution < -0.4 is 10.2 Å². The van der Waals surface area contributed by atoms with Crippen molar-refractivity contribution in [3.8, 4) is 0 Å². The number of hydrogen-bond donors (Lipinski definition) is 1. The van der Waals surface area contributed by atoms with Gasteiger partial charge in [-0.25, -0.2) is 4.98 Å². The normalized spacial score (nSPS) is 16.1. The molecule has 0 spiro atoms. The molecule has 0 radical (unpaired) electrons. The zero-order valence-electron chi connectivity index (χ0n) is 18.8. The van der Waals surface area contributed by atoms with Gasteiger partial charge in [-0.1, -0.05) is 6.07 Å². The highest BCUT2D eigenvalue weighted by molar-refractivity contribution is 5.89. The molecule has 190 valence electrons. The van der Waals surface area contributed by atoms with Gasteiger partial charge in [0, 0.05) is 43.3 Å². The van der Waals surface area contributed by atoms with E-state index in [1.165, 1.54) is 11.0 Å². The molecule has 1 aliphatic heterocycles. The fourth-order valence-corrected chi connectivity index (χ4v) is 4.17. The molecule has 36 heavy (non-hydrogen) atoms. The number of rotatable bonds is 6. The molecule has 0 saturated heterocycles. The quantitative estimate of drug-likeness (QED) is 0.386. The molecule has 0 amide bonds. The second-order valence-corrected chi connectivity index (χ2v) is 8.61. The molecule has 1 unspecified atom stereocenters. The molecule has 0 aliphatic carbocycles. The van der Waals surface area contributed by atoms with E-state index in [0.29, 0.717) is 23.1 Å². The molecule has 0 saturated carbocycles. The second kappa shape index (κ2) is 8.68. The molecule has 8 nitrogen and oxygen atoms in total. The van der Waals surface area contributed by atoms with Crippen LogP contribution in [0.4, 0.5) is 38.1 Å². The Kier molecular flexibility index (Phi) is 5.75. The lowest BCUT2D eigenvalue weighted by Gasteiger charge is -2.35. The smallest absolute Gasteiger partial charge is 0.350 e. The van der Waals surface area contributed by atoms with E-state index < -0.39 is 30.6 Å². The summed E-state index contributed by atoms with van der Waals surface area (Å²) in [7, 11) is 0. The molecule has 0 fully saturated rings. The molecule has 4 aromatic heterocycles. The molecule has 4 aromatic rings. The summed E-state index contributed by atoms with van der Waals surface area (Å²) in [6, 6.07) is 3.59. The molecule has 0 bridgehead atoms. The van der Waals surface area contributed by atoms with Crippen LogP contribution >= 0.6 is 0 Å². The number of nitrogens with zero attached hydrogens (tertiary/aromatic N) is 7. The lowest BCUT2D eigenvalue weighted by atomic mass is 10.2. The van der Waals surface area contributed by atoms with Crippen LogP contribution in [-0.4, -0.2) is 48.1 Å². The molecule has 1 aliphatic rings. The van der Waals surface area contributed by atoms with Gasteiger partial charge in [-0.3, -0.25) is 9.67 Å². The summed E-state index contributed by atoms with van der Waals surface area (Å²) in [5.41, 5.74) is 1.39. The van der Waals surface area contributed by atoms with Crippen LogP contribution in [0.15, 0.2) is 43.0 Å². The van der Waals surface area contributed by atoms with Crippen LogP contribution in [0.3, 0.4) is 0 Å². The third kappa shape index (κ3) is 4.93. The third-order valence-corrected chi connectivity index (χ3v) is 5.80. The summed E-state index contributed by atoms with van der Waals surface area (Å²) in [6.07, 6.45) is -2.68. The molecular weight excluding hydrogens is 490 g/mol. The van der Waals surface area contributed by atoms with Gasteiger partial charge in [-0.15, -0.1) is 0 Å². The topological polar surface area (TPSA) is 76.7 Å². The van der Waals surface area contributed by atoms with Crippen molar-refractivity contribution in [3.05, 3.63) is 59.8 Å². The summed E-state index contributed by atoms with van der Waals surface area (Å²) in [6.45, 7) is 1.46. The molecule has 0 aromatic carbocycles. The number of halogens is 6. The van der Waals surface area contributed by atoms with E-state index in [0.717, 1.165) is 17.8 Å². The number of alkyl halides is 6. The zero-order valence-corrected chi connectivity index (χ0v) is 18.8. The molecule has 1 atom stereocenters. The van der Waals surface area contributed by atoms with Crippen molar-refractivity contribution in [2.24, 2.45) is 0 Å². The lowest BCUT2D eigenvalue weighted by molar-refractivity contribution is -0.141. The maximum absolute atomic E-state index is 13.2. The molecule has 1 N–H and O–H groups in total. The van der Waals surface area contributed by atoms with E-state index in [-0.39, 0.29) is 24.9 Å². The third-order valence-electron chi connectivity index (χ3n) is 5.80. The van der Waals surface area contributed by atoms with E-state index in [1.807, 2.05) is 4.57 Å². The summed E-state index contributed by atoms with van der Waals surface area (Å²) in [5.74, 6) is 0.394. The maximum atomic E-state index is 13.2. The molecule has 5 rings (SSSR count). The summed E-state index contributed by atoms with van der Waals surface area (Å²) in [4.78, 5) is 13.5. The molecular formula is C22H20F6N8. The zero-order chi connectivity index (χ0) is 25.7. The lowest BCUT2D eigenvalue weighted by Crippen LogP contribution is -2.45. The standard InChI is InChI=1S/C22H20F6N8/c1-13-9-34-5-4-16-18(34)19(36(13)12-21(23,24)25)33-20(32-16)30-7-15-8-31-35(11-15)10-14-2-3-17(29-6-14)22(26,27)28/h2-6,8,11,13H,7,9-10,12H2,1H3,(H,30,32,33). The van der Waals surface area contributed by atoms with Crippen molar-refractivity contribution in [3.63, 3.8) is 0 Å². The average Bonchev–Trinajstić information content (AvgIpc) is 3.41. The number of anilines is 2. The Labute approximate surface area is 200 Å². The van der Waals surface area contributed by atoms with Crippen molar-refractivity contribution in [1.82, 2.24) is 29.3 Å². The Morgan fingerprint density at radius 3 is 2.53 bits per heavy atom. The van der Waals surface area contributed by atoms with Crippen LogP contribution in [0.2, 0.25) is 0 Å². The number of pyridine rings is 1. The van der Waals surface area contributed by atoms with E-state index in [9.17, 15) is 26.3 Å². The van der Waals surface area contributed by atoms with Gasteiger partial charge in [-0.2, -0.15) is 36.4 Å². The Hall–Kier alpha value is -3.84. The first-order valence-corrected chi connectivity index (χ1v) is 10.9. The highest BCUT2D eigenvalue weighted by Crippen LogP contribution is 2.34. The minimum Gasteiger partial charge on any atom is -0.350 e. The van der Waals surface area contributed by atoms with Crippen molar-refractivity contribution in [1.29, 1.82) is 0 Å². The summed E-state index contributed by atoms with van der Waals surface area (Å²) in [5, 5.41) is 7.23. The predicted octanol–water partition coefficient (Wildman–Crippen LogP) is 4.47. The van der Waals surface area contributed by atoms with Gasteiger partial charge in [0.05, 0.1) is 18.3 Å². The first kappa shape index (κ1) is 23.9. The van der Waals surface area contributed by atoms with Crippen LogP contribution in [0, 0.1) is 0 Å². The van der Waals surface area contributed by atoms with E-state index >= 15 is 0 Å². The van der Waals surface area contributed by atoms with E-state index in [1.54, 1.807) is 36.3 Å². The van der Waals surface area contributed by atoms with E-state index in [2.05, 4.69) is 25.4 Å². The Morgan fingerprint density at radius 2 is 1.83 bits per heavy atom. The Morgan fingerprint density at radius 1 is 1.03 bits per heavy atom. The first-order chi connectivity index (χ1) is 17.0. The van der Waals surface area contributed by atoms with Crippen LogP contribution in [-0.2, 0) is 25.8 Å². The average molecular weight is 510 g/mol. The van der Waals surface area contributed by atoms with Gasteiger partial charge in [0.1, 0.15) is 17.8 Å². The Balaban J connectivity index is 1.30. The summed E-state index contributed by atoms with van der Waals surface area (Å²) >= 11 is 0. The number of aromatic nitrogens is 6. The van der Waals surface area contributed by atoms with Gasteiger partial charge in [-0.05, 0) is 24.6 Å². The van der Waals surface area contributed by atoms with Crippen molar-refractivity contribution in [2.75, 3.05) is 16.8 Å². The maximum Gasteiger partial charge on any atom is 0.433 e. The number of nitrogens with one attached hydrogen (secondary N) is 1. The number of hydrogen-bond acceptors (Lipinski definition) is 6. The second-order valence-electron chi connectivity index (χ2n) is 8.61. The monoisotopic (exact) mass is 510 g/mol. The highest BCUT2D eigenvalue weighted by Gasteiger charge is 2.37. The largest absolute Gasteiger partial charge is 0.433 e. The van der Waals surface area contributed by atoms with Crippen molar-refractivity contribution in [2.45, 2.75) is 45.0 Å². The Bertz CT molecular complexity index is 1370. The van der Waals surface area contributed by atoms with Gasteiger partial charge in [0.25, 0.3) is 0 Å².